The van der Waals surface area contributed by atoms with Crippen LogP contribution >= 0.6 is 43.2 Å². The van der Waals surface area contributed by atoms with E-state index in [2.05, 4.69) is 43.2 Å². The van der Waals surface area contributed by atoms with Crippen LogP contribution in [-0.4, -0.2) is 27.5 Å². The van der Waals surface area contributed by atoms with Crippen LogP contribution in [0.5, 0.6) is 0 Å². The van der Waals surface area contributed by atoms with Crippen molar-refractivity contribution in [3.8, 4) is 0 Å². The standard InChI is InChI=1S/C10H15Br2NO2S2/c1-13-8(4-3-5-17(2,14)15)7-6-9(11)16-10(7)12/h6,8,13H,3-5H2,1-2H3. The Hall–Kier alpha value is 0.570. The largest absolute Gasteiger partial charge is 0.313 e. The molecule has 98 valence electrons. The smallest absolute Gasteiger partial charge is 0.147 e. The third kappa shape index (κ3) is 5.38. The number of halogens is 2. The van der Waals surface area contributed by atoms with Crippen molar-refractivity contribution in [2.24, 2.45) is 0 Å². The van der Waals surface area contributed by atoms with Crippen molar-refractivity contribution in [1.29, 1.82) is 0 Å². The van der Waals surface area contributed by atoms with E-state index in [4.69, 9.17) is 0 Å². The van der Waals surface area contributed by atoms with Gasteiger partial charge in [0.25, 0.3) is 0 Å². The number of hydrogen-bond donors (Lipinski definition) is 1. The quantitative estimate of drug-likeness (QED) is 0.790. The normalized spacial score (nSPS) is 13.9. The van der Waals surface area contributed by atoms with E-state index in [0.717, 1.165) is 14.0 Å². The first kappa shape index (κ1) is 15.6. The lowest BCUT2D eigenvalue weighted by Gasteiger charge is -2.15. The Morgan fingerprint density at radius 2 is 2.12 bits per heavy atom. The molecule has 0 amide bonds. The van der Waals surface area contributed by atoms with E-state index in [1.165, 1.54) is 11.8 Å². The van der Waals surface area contributed by atoms with Crippen molar-refractivity contribution in [2.75, 3.05) is 19.1 Å². The van der Waals surface area contributed by atoms with Crippen molar-refractivity contribution < 1.29 is 8.42 Å². The molecule has 17 heavy (non-hydrogen) atoms. The third-order valence-corrected chi connectivity index (χ3v) is 5.83. The van der Waals surface area contributed by atoms with Gasteiger partial charge in [0.2, 0.25) is 0 Å². The average molecular weight is 405 g/mol. The number of nitrogens with one attached hydrogen (secondary N) is 1. The maximum absolute atomic E-state index is 11.1. The lowest BCUT2D eigenvalue weighted by molar-refractivity contribution is 0.536. The number of hydrogen-bond acceptors (Lipinski definition) is 4. The SMILES string of the molecule is CNC(CCCS(C)(=O)=O)c1cc(Br)sc1Br. The highest BCUT2D eigenvalue weighted by atomic mass is 79.9. The van der Waals surface area contributed by atoms with Gasteiger partial charge in [0.05, 0.1) is 7.57 Å². The van der Waals surface area contributed by atoms with Gasteiger partial charge in [-0.1, -0.05) is 0 Å². The van der Waals surface area contributed by atoms with Gasteiger partial charge >= 0.3 is 0 Å². The topological polar surface area (TPSA) is 46.2 Å². The summed E-state index contributed by atoms with van der Waals surface area (Å²) in [5.74, 6) is 0.244. The third-order valence-electron chi connectivity index (χ3n) is 2.41. The minimum atomic E-state index is -2.86. The highest BCUT2D eigenvalue weighted by Crippen LogP contribution is 2.36. The fourth-order valence-corrected chi connectivity index (χ4v) is 5.26. The van der Waals surface area contributed by atoms with Crippen LogP contribution in [0.1, 0.15) is 24.4 Å². The predicted molar refractivity (Wildman–Crippen MR) is 80.5 cm³/mol. The van der Waals surface area contributed by atoms with E-state index < -0.39 is 9.84 Å². The molecule has 1 rings (SSSR count). The second-order valence-corrected chi connectivity index (χ2v) is 9.90. The molecular weight excluding hydrogens is 390 g/mol. The molecule has 0 radical (unpaired) electrons. The molecule has 1 N–H and O–H groups in total. The van der Waals surface area contributed by atoms with Crippen LogP contribution in [0.15, 0.2) is 13.6 Å². The zero-order valence-electron chi connectivity index (χ0n) is 9.66. The Labute approximate surface area is 123 Å². The molecule has 0 aliphatic carbocycles. The molecule has 0 aliphatic rings. The van der Waals surface area contributed by atoms with Crippen LogP contribution < -0.4 is 5.32 Å². The molecule has 1 atom stereocenters. The lowest BCUT2D eigenvalue weighted by atomic mass is 10.1. The van der Waals surface area contributed by atoms with Crippen LogP contribution in [0, 0.1) is 0 Å². The van der Waals surface area contributed by atoms with E-state index in [0.29, 0.717) is 6.42 Å². The highest BCUT2D eigenvalue weighted by Gasteiger charge is 2.16. The Morgan fingerprint density at radius 1 is 1.47 bits per heavy atom. The van der Waals surface area contributed by atoms with Gasteiger partial charge in [0, 0.05) is 18.1 Å². The molecule has 7 heteroatoms. The molecule has 3 nitrogen and oxygen atoms in total. The van der Waals surface area contributed by atoms with Crippen molar-refractivity contribution >= 4 is 53.0 Å². The zero-order valence-corrected chi connectivity index (χ0v) is 14.5. The molecule has 0 aromatic carbocycles. The van der Waals surface area contributed by atoms with Gasteiger partial charge in [-0.25, -0.2) is 8.42 Å². The Balaban J connectivity index is 2.63. The van der Waals surface area contributed by atoms with Crippen molar-refractivity contribution in [1.82, 2.24) is 5.32 Å². The van der Waals surface area contributed by atoms with Crippen molar-refractivity contribution in [3.05, 3.63) is 19.2 Å². The summed E-state index contributed by atoms with van der Waals surface area (Å²) < 4.78 is 24.3. The molecule has 1 aromatic heterocycles. The van der Waals surface area contributed by atoms with Gasteiger partial charge in [-0.3, -0.25) is 0 Å². The summed E-state index contributed by atoms with van der Waals surface area (Å²) in [5, 5.41) is 3.22. The van der Waals surface area contributed by atoms with E-state index in [-0.39, 0.29) is 11.8 Å². The highest BCUT2D eigenvalue weighted by molar-refractivity contribution is 9.12. The lowest BCUT2D eigenvalue weighted by Crippen LogP contribution is -2.17. The van der Waals surface area contributed by atoms with Crippen LogP contribution in [-0.2, 0) is 9.84 Å². The Kier molecular flexibility index (Phi) is 6.12. The summed E-state index contributed by atoms with van der Waals surface area (Å²) >= 11 is 8.59. The van der Waals surface area contributed by atoms with Crippen LogP contribution in [0.3, 0.4) is 0 Å². The van der Waals surface area contributed by atoms with E-state index >= 15 is 0 Å². The summed E-state index contributed by atoms with van der Waals surface area (Å²) in [6.45, 7) is 0. The van der Waals surface area contributed by atoms with Gasteiger partial charge in [-0.05, 0) is 63.4 Å². The molecule has 0 bridgehead atoms. The molecule has 0 spiro atoms. The molecular formula is C10H15Br2NO2S2. The summed E-state index contributed by atoms with van der Waals surface area (Å²) in [6.07, 6.45) is 2.76. The monoisotopic (exact) mass is 403 g/mol. The van der Waals surface area contributed by atoms with Gasteiger partial charge in [-0.15, -0.1) is 11.3 Å². The fourth-order valence-electron chi connectivity index (χ4n) is 1.60. The van der Waals surface area contributed by atoms with Gasteiger partial charge < -0.3 is 5.32 Å². The number of thiophene rings is 1. The summed E-state index contributed by atoms with van der Waals surface area (Å²) in [6, 6.07) is 2.25. The van der Waals surface area contributed by atoms with Crippen LogP contribution in [0.4, 0.5) is 0 Å². The molecule has 0 aliphatic heterocycles. The second kappa shape index (κ2) is 6.65. The first-order chi connectivity index (χ1) is 7.83. The van der Waals surface area contributed by atoms with Gasteiger partial charge in [0.1, 0.15) is 9.84 Å². The van der Waals surface area contributed by atoms with Crippen LogP contribution in [0.25, 0.3) is 0 Å². The van der Waals surface area contributed by atoms with Crippen molar-refractivity contribution in [2.45, 2.75) is 18.9 Å². The molecule has 1 heterocycles. The maximum Gasteiger partial charge on any atom is 0.147 e. The fraction of sp³-hybridized carbons (Fsp3) is 0.600. The maximum atomic E-state index is 11.1. The molecule has 1 unspecified atom stereocenters. The number of rotatable bonds is 6. The van der Waals surface area contributed by atoms with Crippen molar-refractivity contribution in [3.63, 3.8) is 0 Å². The predicted octanol–water partition coefficient (Wildman–Crippen LogP) is 3.36. The summed E-state index contributed by atoms with van der Waals surface area (Å²) in [4.78, 5) is 0. The van der Waals surface area contributed by atoms with E-state index in [9.17, 15) is 8.42 Å². The minimum Gasteiger partial charge on any atom is -0.313 e. The molecule has 0 saturated heterocycles. The summed E-state index contributed by atoms with van der Waals surface area (Å²) in [5.41, 5.74) is 1.18. The molecule has 1 aromatic rings. The van der Waals surface area contributed by atoms with Gasteiger partial charge in [-0.2, -0.15) is 0 Å². The Bertz CT molecular complexity index is 471. The zero-order chi connectivity index (χ0) is 13.1. The second-order valence-electron chi connectivity index (χ2n) is 3.89. The van der Waals surface area contributed by atoms with E-state index in [1.54, 1.807) is 11.3 Å². The first-order valence-electron chi connectivity index (χ1n) is 5.13. The molecule has 0 saturated carbocycles. The summed E-state index contributed by atoms with van der Waals surface area (Å²) in [7, 11) is -0.969. The molecule has 0 fully saturated rings. The number of sulfone groups is 1. The average Bonchev–Trinajstić information content (AvgIpc) is 2.51. The Morgan fingerprint density at radius 3 is 2.53 bits per heavy atom. The van der Waals surface area contributed by atoms with Crippen LogP contribution in [0.2, 0.25) is 0 Å². The van der Waals surface area contributed by atoms with Gasteiger partial charge in [0.15, 0.2) is 0 Å². The van der Waals surface area contributed by atoms with E-state index in [1.807, 2.05) is 7.05 Å². The minimum absolute atomic E-state index is 0.189. The first-order valence-corrected chi connectivity index (χ1v) is 9.59.